The molecule has 0 unspecified atom stereocenters. The van der Waals surface area contributed by atoms with Crippen LogP contribution in [0.5, 0.6) is 0 Å². The fourth-order valence-electron chi connectivity index (χ4n) is 5.43. The predicted molar refractivity (Wildman–Crippen MR) is 215 cm³/mol. The van der Waals surface area contributed by atoms with E-state index in [1.54, 1.807) is 0 Å². The van der Waals surface area contributed by atoms with Crippen molar-refractivity contribution in [2.75, 3.05) is 16.2 Å². The van der Waals surface area contributed by atoms with Crippen molar-refractivity contribution in [3.63, 3.8) is 0 Å². The number of fused-ring (bicyclic) bond motifs is 1. The molecular weight excluding hydrogens is 991 g/mol. The summed E-state index contributed by atoms with van der Waals surface area (Å²) in [7, 11) is -15.9. The number of rotatable bonds is 13. The quantitative estimate of drug-likeness (QED) is 0.0243. The van der Waals surface area contributed by atoms with Crippen molar-refractivity contribution in [1.82, 2.24) is 0 Å². The number of carbonyl (C=O) groups excluding carboxylic acids is 2. The summed E-state index contributed by atoms with van der Waals surface area (Å²) in [4.78, 5) is 43.9. The fourth-order valence-corrected chi connectivity index (χ4v) is 7.48. The number of azo groups is 1. The van der Waals surface area contributed by atoms with Gasteiger partial charge >= 0.3 is 88.7 Å². The summed E-state index contributed by atoms with van der Waals surface area (Å²) in [5.41, 5.74) is -0.488. The Morgan fingerprint density at radius 2 is 1.27 bits per heavy atom. The van der Waals surface area contributed by atoms with Crippen molar-refractivity contribution in [2.24, 2.45) is 20.4 Å². The Bertz CT molecular complexity index is 3260. The van der Waals surface area contributed by atoms with E-state index < -0.39 is 118 Å². The molecule has 0 aliphatic heterocycles. The van der Waals surface area contributed by atoms with Gasteiger partial charge in [0, 0.05) is 30.0 Å². The van der Waals surface area contributed by atoms with Crippen LogP contribution >= 0.6 is 11.6 Å². The second-order valence-corrected chi connectivity index (χ2v) is 17.0. The minimum Gasteiger partial charge on any atom is -0.871 e. The van der Waals surface area contributed by atoms with Crippen LogP contribution in [0.4, 0.5) is 39.8 Å². The van der Waals surface area contributed by atoms with Gasteiger partial charge in [0.2, 0.25) is 11.6 Å². The molecule has 0 saturated carbocycles. The van der Waals surface area contributed by atoms with E-state index in [0.717, 1.165) is 36.4 Å². The van der Waals surface area contributed by atoms with E-state index in [9.17, 15) is 73.8 Å². The maximum absolute atomic E-state index is 13.9. The molecular formula is C34H19ClN9Na3O16S3. The zero-order chi connectivity index (χ0) is 46.2. The third-order valence-electron chi connectivity index (χ3n) is 8.32. The van der Waals surface area contributed by atoms with Gasteiger partial charge in [-0.05, 0) is 72.3 Å². The van der Waals surface area contributed by atoms with Crippen molar-refractivity contribution >= 4 is 111 Å². The van der Waals surface area contributed by atoms with Crippen LogP contribution in [-0.2, 0) is 35.1 Å². The smallest absolute Gasteiger partial charge is 0.871 e. The van der Waals surface area contributed by atoms with Gasteiger partial charge in [0.1, 0.15) is 30.9 Å². The van der Waals surface area contributed by atoms with Gasteiger partial charge < -0.3 is 19.5 Å². The second kappa shape index (κ2) is 22.0. The standard InChI is InChI=1S/C34H22ClN9O16S3.3Na/c35-22-11-19(43(48)49)5-7-23(22)38-42-33-31(63(58,59)60)10-16-9-21(61(52,53)54)13-27(32(16)34(33)47)41-40-26-14-25(28(45)15-29(26)46)39-37-18-3-1-17(2-4-18)36-24-8-6-20(44(50)51)12-30(24)62(55,56)57;;;/h1-15,36-38,46H,(H,52,53,54)(H,55,56,57)(H,58,59,60);;;/q;3*+1/p-3/b39-25+,41-40?,42-33+;;;. The molecule has 4 N–H and O–H groups in total. The first-order valence-electron chi connectivity index (χ1n) is 16.6. The second-order valence-electron chi connectivity index (χ2n) is 12.5. The summed E-state index contributed by atoms with van der Waals surface area (Å²) in [6.07, 6.45) is 1.96. The van der Waals surface area contributed by atoms with E-state index >= 15 is 0 Å². The van der Waals surface area contributed by atoms with E-state index in [1.807, 2.05) is 0 Å². The van der Waals surface area contributed by atoms with Crippen molar-refractivity contribution in [2.45, 2.75) is 9.79 Å². The molecule has 32 heteroatoms. The normalized spacial score (nSPS) is 15.0. The number of Topliss-reactive ketones (excluding diaryl/α,β-unsaturated/α-hetero) is 1. The summed E-state index contributed by atoms with van der Waals surface area (Å²) in [5.74, 6) is -3.36. The Hall–Kier alpha value is -4.60. The molecule has 2 aliphatic rings. The van der Waals surface area contributed by atoms with Crippen molar-refractivity contribution < 1.29 is 152 Å². The van der Waals surface area contributed by atoms with E-state index in [1.165, 1.54) is 24.3 Å². The number of allylic oxidation sites excluding steroid dienone is 3. The zero-order valence-corrected chi connectivity index (χ0v) is 42.7. The van der Waals surface area contributed by atoms with Crippen LogP contribution in [0.15, 0.2) is 132 Å². The Labute approximate surface area is 442 Å². The molecule has 0 fully saturated rings. The van der Waals surface area contributed by atoms with E-state index in [-0.39, 0.29) is 116 Å². The van der Waals surface area contributed by atoms with Crippen LogP contribution in [-0.4, -0.2) is 71.7 Å². The van der Waals surface area contributed by atoms with Gasteiger partial charge in [-0.15, -0.1) is 5.11 Å². The number of nitrogens with one attached hydrogen (secondary N) is 3. The minimum atomic E-state index is -5.37. The average Bonchev–Trinajstić information content (AvgIpc) is 3.19. The topological polar surface area (TPSA) is 398 Å². The predicted octanol–water partition coefficient (Wildman–Crippen LogP) is -5.12. The molecule has 66 heavy (non-hydrogen) atoms. The molecule has 0 heterocycles. The molecule has 0 atom stereocenters. The fraction of sp³-hybridized carbons (Fsp3) is 0. The van der Waals surface area contributed by atoms with Crippen LogP contribution in [0, 0.1) is 20.2 Å². The number of nitro benzene ring substituents is 2. The maximum atomic E-state index is 13.9. The number of halogens is 1. The summed E-state index contributed by atoms with van der Waals surface area (Å²) in [5, 5.41) is 52.4. The summed E-state index contributed by atoms with van der Waals surface area (Å²) in [6, 6.07) is 12.1. The van der Waals surface area contributed by atoms with Crippen LogP contribution in [0.1, 0.15) is 15.9 Å². The number of hydrogen-bond acceptors (Lipinski definition) is 22. The number of carbonyl (C=O) groups is 2. The third kappa shape index (κ3) is 13.1. The average molecular weight is 1010 g/mol. The van der Waals surface area contributed by atoms with Gasteiger partial charge in [-0.3, -0.25) is 45.2 Å². The number of benzene rings is 4. The number of ketones is 2. The number of nitro groups is 2. The Kier molecular flexibility index (Phi) is 18.6. The first-order valence-corrected chi connectivity index (χ1v) is 21.2. The molecule has 25 nitrogen and oxygen atoms in total. The van der Waals surface area contributed by atoms with Gasteiger partial charge in [0.25, 0.3) is 21.5 Å². The SMILES string of the molecule is O=C1C=C([O-])C(N=Nc2cc(S(=O)(=O)[O-])cc3c2C(=O)/C(=N/Nc2ccc([N+](=O)[O-])cc2Cl)C(S(=O)(=O)O)=C3)=C/C1=N\Nc1ccc(Nc2ccc([N+](=O)[O-])cc2S(=O)(=O)[O-])cc1.[Na+].[Na+].[Na+]. The molecule has 4 aromatic rings. The van der Waals surface area contributed by atoms with E-state index in [2.05, 4.69) is 36.6 Å². The van der Waals surface area contributed by atoms with Crippen LogP contribution in [0.25, 0.3) is 6.08 Å². The molecule has 0 spiro atoms. The molecule has 324 valence electrons. The molecule has 2 aliphatic carbocycles. The zero-order valence-electron chi connectivity index (χ0n) is 33.5. The number of hydrogen-bond donors (Lipinski definition) is 4. The summed E-state index contributed by atoms with van der Waals surface area (Å²) < 4.78 is 106. The number of hydrazone groups is 2. The number of nitrogens with zero attached hydrogens (tertiary/aromatic N) is 6. The minimum absolute atomic E-state index is 0. The molecule has 0 bridgehead atoms. The van der Waals surface area contributed by atoms with Crippen LogP contribution in [0.2, 0.25) is 5.02 Å². The first kappa shape index (κ1) is 55.7. The Morgan fingerprint density at radius 1 is 0.682 bits per heavy atom. The van der Waals surface area contributed by atoms with Gasteiger partial charge in [0.15, 0.2) is 5.71 Å². The third-order valence-corrected chi connectivity index (χ3v) is 11.2. The van der Waals surface area contributed by atoms with Gasteiger partial charge in [-0.2, -0.15) is 23.7 Å². The maximum Gasteiger partial charge on any atom is 1.00 e. The van der Waals surface area contributed by atoms with Crippen molar-refractivity contribution in [3.05, 3.63) is 138 Å². The van der Waals surface area contributed by atoms with Gasteiger partial charge in [-0.25, -0.2) is 16.8 Å². The van der Waals surface area contributed by atoms with Crippen LogP contribution < -0.4 is 110 Å². The Morgan fingerprint density at radius 3 is 1.83 bits per heavy atom. The number of non-ortho nitro benzene ring substituents is 2. The summed E-state index contributed by atoms with van der Waals surface area (Å²) >= 11 is 6.05. The summed E-state index contributed by atoms with van der Waals surface area (Å²) in [6.45, 7) is 0. The largest absolute Gasteiger partial charge is 1.00 e. The van der Waals surface area contributed by atoms with Crippen molar-refractivity contribution in [3.8, 4) is 0 Å². The van der Waals surface area contributed by atoms with Crippen LogP contribution in [0.3, 0.4) is 0 Å². The molecule has 0 amide bonds. The van der Waals surface area contributed by atoms with E-state index in [4.69, 9.17) is 11.6 Å². The monoisotopic (exact) mass is 1010 g/mol. The van der Waals surface area contributed by atoms with E-state index in [0.29, 0.717) is 30.4 Å². The molecule has 0 aromatic heterocycles. The molecule has 0 saturated heterocycles. The first-order chi connectivity index (χ1) is 29.4. The molecule has 0 radical (unpaired) electrons. The molecule has 6 rings (SSSR count). The Balaban J connectivity index is 0.00000385. The van der Waals surface area contributed by atoms with Crippen molar-refractivity contribution in [1.29, 1.82) is 0 Å². The molecule has 4 aromatic carbocycles. The van der Waals surface area contributed by atoms with Gasteiger partial charge in [0.05, 0.1) is 58.7 Å². The van der Waals surface area contributed by atoms with Gasteiger partial charge in [-0.1, -0.05) is 17.4 Å². The number of anilines is 4.